The highest BCUT2D eigenvalue weighted by Crippen LogP contribution is 2.46. The molecule has 1 heterocycles. The van der Waals surface area contributed by atoms with E-state index in [4.69, 9.17) is 0 Å². The van der Waals surface area contributed by atoms with E-state index in [1.165, 1.54) is 35.6 Å². The SMILES string of the molecule is CCN1/C(=C\C=C(C(C)=O)C(C)=O)Sc2cc(C)c(C)cc21. The van der Waals surface area contributed by atoms with Gasteiger partial charge in [0.1, 0.15) is 0 Å². The van der Waals surface area contributed by atoms with Gasteiger partial charge >= 0.3 is 0 Å². The van der Waals surface area contributed by atoms with Gasteiger partial charge in [-0.1, -0.05) is 11.8 Å². The van der Waals surface area contributed by atoms with Crippen molar-refractivity contribution in [3.8, 4) is 0 Å². The number of rotatable bonds is 4. The number of nitrogens with zero attached hydrogens (tertiary/aromatic N) is 1. The van der Waals surface area contributed by atoms with Crippen molar-refractivity contribution in [1.29, 1.82) is 0 Å². The van der Waals surface area contributed by atoms with Crippen LogP contribution >= 0.6 is 11.8 Å². The fourth-order valence-electron chi connectivity index (χ4n) is 2.44. The first-order chi connectivity index (χ1) is 10.3. The van der Waals surface area contributed by atoms with Crippen LogP contribution < -0.4 is 4.90 Å². The Morgan fingerprint density at radius 3 is 2.27 bits per heavy atom. The maximum Gasteiger partial charge on any atom is 0.163 e. The quantitative estimate of drug-likeness (QED) is 0.474. The molecule has 0 spiro atoms. The number of Topliss-reactive ketones (excluding diaryl/α,β-unsaturated/α-hetero) is 2. The van der Waals surface area contributed by atoms with E-state index in [2.05, 4.69) is 37.8 Å². The molecule has 2 rings (SSSR count). The lowest BCUT2D eigenvalue weighted by molar-refractivity contribution is -0.119. The number of carbonyl (C=O) groups is 2. The highest BCUT2D eigenvalue weighted by Gasteiger charge is 2.24. The predicted molar refractivity (Wildman–Crippen MR) is 92.3 cm³/mol. The Bertz CT molecular complexity index is 685. The summed E-state index contributed by atoms with van der Waals surface area (Å²) in [7, 11) is 0. The number of hydrogen-bond donors (Lipinski definition) is 0. The van der Waals surface area contributed by atoms with E-state index >= 15 is 0 Å². The molecule has 0 atom stereocenters. The molecule has 1 aliphatic heterocycles. The summed E-state index contributed by atoms with van der Waals surface area (Å²) in [5, 5.41) is 1.04. The van der Waals surface area contributed by atoms with Crippen LogP contribution in [0.3, 0.4) is 0 Å². The first-order valence-corrected chi connectivity index (χ1v) is 8.17. The van der Waals surface area contributed by atoms with Gasteiger partial charge in [-0.05, 0) is 70.0 Å². The third-order valence-corrected chi connectivity index (χ3v) is 4.93. The highest BCUT2D eigenvalue weighted by molar-refractivity contribution is 8.03. The summed E-state index contributed by atoms with van der Waals surface area (Å²) < 4.78 is 0. The van der Waals surface area contributed by atoms with Gasteiger partial charge in [0.2, 0.25) is 0 Å². The van der Waals surface area contributed by atoms with Crippen molar-refractivity contribution in [2.45, 2.75) is 39.5 Å². The van der Waals surface area contributed by atoms with E-state index in [9.17, 15) is 9.59 Å². The minimum absolute atomic E-state index is 0.195. The number of aryl methyl sites for hydroxylation is 2. The maximum absolute atomic E-state index is 11.5. The summed E-state index contributed by atoms with van der Waals surface area (Å²) in [6.45, 7) is 10.0. The zero-order valence-corrected chi connectivity index (χ0v) is 14.5. The summed E-state index contributed by atoms with van der Waals surface area (Å²) in [6.07, 6.45) is 3.51. The minimum Gasteiger partial charge on any atom is -0.335 e. The fraction of sp³-hybridized carbons (Fsp3) is 0.333. The van der Waals surface area contributed by atoms with E-state index < -0.39 is 0 Å². The molecular weight excluding hydrogens is 294 g/mol. The molecule has 0 amide bonds. The molecule has 0 radical (unpaired) electrons. The van der Waals surface area contributed by atoms with Gasteiger partial charge in [-0.25, -0.2) is 0 Å². The van der Waals surface area contributed by atoms with Gasteiger partial charge in [0.05, 0.1) is 16.3 Å². The van der Waals surface area contributed by atoms with E-state index in [0.29, 0.717) is 0 Å². The third-order valence-electron chi connectivity index (χ3n) is 3.81. The van der Waals surface area contributed by atoms with E-state index in [1.807, 2.05) is 6.08 Å². The Balaban J connectivity index is 2.42. The fourth-order valence-corrected chi connectivity index (χ4v) is 3.65. The molecule has 1 aromatic rings. The van der Waals surface area contributed by atoms with Gasteiger partial charge in [0.25, 0.3) is 0 Å². The number of hydrogen-bond acceptors (Lipinski definition) is 4. The lowest BCUT2D eigenvalue weighted by Crippen LogP contribution is -2.16. The number of ketones is 2. The average molecular weight is 315 g/mol. The van der Waals surface area contributed by atoms with Crippen molar-refractivity contribution in [1.82, 2.24) is 0 Å². The van der Waals surface area contributed by atoms with Crippen molar-refractivity contribution in [2.24, 2.45) is 0 Å². The Morgan fingerprint density at radius 1 is 1.14 bits per heavy atom. The Kier molecular flexibility index (Phi) is 4.91. The van der Waals surface area contributed by atoms with Crippen molar-refractivity contribution < 1.29 is 9.59 Å². The number of anilines is 1. The summed E-state index contributed by atoms with van der Waals surface area (Å²) in [6, 6.07) is 4.39. The predicted octanol–water partition coefficient (Wildman–Crippen LogP) is 4.18. The first kappa shape index (κ1) is 16.6. The van der Waals surface area contributed by atoms with Crippen LogP contribution in [0.15, 0.2) is 39.8 Å². The molecule has 0 aromatic heterocycles. The van der Waals surface area contributed by atoms with E-state index in [0.717, 1.165) is 11.6 Å². The van der Waals surface area contributed by atoms with Crippen molar-refractivity contribution in [3.05, 3.63) is 46.0 Å². The van der Waals surface area contributed by atoms with Crippen LogP contribution in [-0.2, 0) is 9.59 Å². The van der Waals surface area contributed by atoms with Crippen molar-refractivity contribution in [2.75, 3.05) is 11.4 Å². The maximum atomic E-state index is 11.5. The van der Waals surface area contributed by atoms with Gasteiger partial charge in [0, 0.05) is 11.4 Å². The summed E-state index contributed by atoms with van der Waals surface area (Å²) in [5.74, 6) is -0.390. The molecule has 0 bridgehead atoms. The lowest BCUT2D eigenvalue weighted by atomic mass is 10.1. The van der Waals surface area contributed by atoms with Crippen LogP contribution in [0.2, 0.25) is 0 Å². The molecule has 0 N–H and O–H groups in total. The summed E-state index contributed by atoms with van der Waals surface area (Å²) >= 11 is 1.68. The van der Waals surface area contributed by atoms with Crippen LogP contribution in [-0.4, -0.2) is 18.1 Å². The largest absolute Gasteiger partial charge is 0.335 e. The summed E-state index contributed by atoms with van der Waals surface area (Å²) in [5.41, 5.74) is 3.98. The Labute approximate surface area is 136 Å². The summed E-state index contributed by atoms with van der Waals surface area (Å²) in [4.78, 5) is 26.4. The second kappa shape index (κ2) is 6.53. The van der Waals surface area contributed by atoms with Gasteiger partial charge in [-0.15, -0.1) is 0 Å². The number of benzene rings is 1. The standard InChI is InChI=1S/C18H21NO2S/c1-6-19-16-9-11(2)12(3)10-17(16)22-18(19)8-7-15(13(4)20)14(5)21/h7-10H,6H2,1-5H3/b18-8+. The molecule has 22 heavy (non-hydrogen) atoms. The van der Waals surface area contributed by atoms with Crippen LogP contribution in [0.25, 0.3) is 0 Å². The number of allylic oxidation sites excluding steroid dienone is 3. The number of fused-ring (bicyclic) bond motifs is 1. The smallest absolute Gasteiger partial charge is 0.163 e. The molecule has 0 fully saturated rings. The topological polar surface area (TPSA) is 37.4 Å². The van der Waals surface area contributed by atoms with Crippen molar-refractivity contribution >= 4 is 29.0 Å². The molecule has 1 aromatic carbocycles. The number of thioether (sulfide) groups is 1. The van der Waals surface area contributed by atoms with E-state index in [1.54, 1.807) is 17.8 Å². The molecule has 4 heteroatoms. The monoisotopic (exact) mass is 315 g/mol. The highest BCUT2D eigenvalue weighted by atomic mass is 32.2. The van der Waals surface area contributed by atoms with Crippen LogP contribution in [0.5, 0.6) is 0 Å². The second-order valence-corrected chi connectivity index (χ2v) is 6.51. The Morgan fingerprint density at radius 2 is 1.73 bits per heavy atom. The molecule has 0 saturated heterocycles. The van der Waals surface area contributed by atoms with Crippen LogP contribution in [0, 0.1) is 13.8 Å². The van der Waals surface area contributed by atoms with Gasteiger partial charge < -0.3 is 4.90 Å². The third kappa shape index (κ3) is 3.17. The lowest BCUT2D eigenvalue weighted by Gasteiger charge is -2.18. The average Bonchev–Trinajstić information content (AvgIpc) is 2.75. The van der Waals surface area contributed by atoms with Gasteiger partial charge in [0.15, 0.2) is 11.6 Å². The minimum atomic E-state index is -0.195. The van der Waals surface area contributed by atoms with Gasteiger partial charge in [-0.3, -0.25) is 9.59 Å². The van der Waals surface area contributed by atoms with Crippen LogP contribution in [0.4, 0.5) is 5.69 Å². The molecule has 0 saturated carbocycles. The van der Waals surface area contributed by atoms with E-state index in [-0.39, 0.29) is 17.1 Å². The molecule has 1 aliphatic rings. The normalized spacial score (nSPS) is 15.0. The second-order valence-electron chi connectivity index (χ2n) is 5.45. The zero-order chi connectivity index (χ0) is 16.4. The van der Waals surface area contributed by atoms with Crippen LogP contribution in [0.1, 0.15) is 31.9 Å². The molecule has 0 aliphatic carbocycles. The molecule has 3 nitrogen and oxygen atoms in total. The molecule has 0 unspecified atom stereocenters. The van der Waals surface area contributed by atoms with Crippen molar-refractivity contribution in [3.63, 3.8) is 0 Å². The molecular formula is C18H21NO2S. The number of carbonyl (C=O) groups excluding carboxylic acids is 2. The molecule has 116 valence electrons. The van der Waals surface area contributed by atoms with Gasteiger partial charge in [-0.2, -0.15) is 0 Å². The zero-order valence-electron chi connectivity index (χ0n) is 13.7. The first-order valence-electron chi connectivity index (χ1n) is 7.35. The Hall–Kier alpha value is -1.81.